The quantitative estimate of drug-likeness (QED) is 0.448. The van der Waals surface area contributed by atoms with Gasteiger partial charge in [-0.05, 0) is 6.26 Å². The predicted octanol–water partition coefficient (Wildman–Crippen LogP) is 2.11. The van der Waals surface area contributed by atoms with Gasteiger partial charge in [0, 0.05) is 18.2 Å². The zero-order chi connectivity index (χ0) is 11.2. The first kappa shape index (κ1) is 13.3. The van der Waals surface area contributed by atoms with Crippen LogP contribution in [0.3, 0.4) is 0 Å². The Balaban J connectivity index is 4.41. The summed E-state index contributed by atoms with van der Waals surface area (Å²) in [6.07, 6.45) is 1.45. The highest BCUT2D eigenvalue weighted by Crippen LogP contribution is 2.18. The largest absolute Gasteiger partial charge is 0.433 e. The van der Waals surface area contributed by atoms with Gasteiger partial charge in [-0.1, -0.05) is 25.9 Å². The Bertz CT molecular complexity index is 221. The van der Waals surface area contributed by atoms with Gasteiger partial charge in [-0.2, -0.15) is 11.8 Å². The van der Waals surface area contributed by atoms with E-state index in [1.807, 2.05) is 27.0 Å². The molecule has 1 amide bonds. The molecule has 0 aromatic carbocycles. The van der Waals surface area contributed by atoms with Crippen molar-refractivity contribution in [1.29, 1.82) is 0 Å². The van der Waals surface area contributed by atoms with Gasteiger partial charge in [0.25, 0.3) is 0 Å². The SMILES string of the molecule is CNC(=O)O/N=C(/CSC)C(C)(C)C. The van der Waals surface area contributed by atoms with Gasteiger partial charge in [0.1, 0.15) is 0 Å². The van der Waals surface area contributed by atoms with Crippen molar-refractivity contribution in [3.05, 3.63) is 0 Å². The second-order valence-electron chi connectivity index (χ2n) is 3.85. The smallest absolute Gasteiger partial charge is 0.323 e. The summed E-state index contributed by atoms with van der Waals surface area (Å²) in [7, 11) is 1.50. The number of amides is 1. The van der Waals surface area contributed by atoms with Crippen molar-refractivity contribution in [2.75, 3.05) is 19.1 Å². The molecule has 0 saturated carbocycles. The molecule has 0 aromatic rings. The summed E-state index contributed by atoms with van der Waals surface area (Å²) in [4.78, 5) is 15.5. The molecule has 4 nitrogen and oxygen atoms in total. The number of carbonyl (C=O) groups excluding carboxylic acids is 1. The van der Waals surface area contributed by atoms with Crippen LogP contribution in [0.5, 0.6) is 0 Å². The zero-order valence-corrected chi connectivity index (χ0v) is 10.2. The van der Waals surface area contributed by atoms with E-state index in [0.717, 1.165) is 11.5 Å². The van der Waals surface area contributed by atoms with E-state index in [1.165, 1.54) is 7.05 Å². The van der Waals surface area contributed by atoms with Crippen LogP contribution in [0.25, 0.3) is 0 Å². The van der Waals surface area contributed by atoms with Gasteiger partial charge in [0.05, 0.1) is 5.71 Å². The third kappa shape index (κ3) is 5.11. The van der Waals surface area contributed by atoms with Gasteiger partial charge < -0.3 is 5.32 Å². The number of hydrogen-bond donors (Lipinski definition) is 1. The first-order valence-corrected chi connectivity index (χ1v) is 5.76. The Kier molecular flexibility index (Phi) is 5.60. The maximum Gasteiger partial charge on any atom is 0.433 e. The zero-order valence-electron chi connectivity index (χ0n) is 9.38. The summed E-state index contributed by atoms with van der Waals surface area (Å²) >= 11 is 1.65. The normalized spacial score (nSPS) is 12.5. The van der Waals surface area contributed by atoms with E-state index in [0.29, 0.717) is 0 Å². The Morgan fingerprint density at radius 1 is 1.50 bits per heavy atom. The summed E-state index contributed by atoms with van der Waals surface area (Å²) < 4.78 is 0. The topological polar surface area (TPSA) is 50.7 Å². The molecule has 0 aliphatic rings. The number of hydrogen-bond acceptors (Lipinski definition) is 4. The van der Waals surface area contributed by atoms with Gasteiger partial charge in [-0.3, -0.25) is 4.84 Å². The Morgan fingerprint density at radius 3 is 2.43 bits per heavy atom. The maximum absolute atomic E-state index is 10.8. The van der Waals surface area contributed by atoms with Crippen LogP contribution in [-0.2, 0) is 4.84 Å². The van der Waals surface area contributed by atoms with Crippen molar-refractivity contribution in [2.24, 2.45) is 10.6 Å². The number of nitrogens with one attached hydrogen (secondary N) is 1. The Morgan fingerprint density at radius 2 is 2.07 bits per heavy atom. The standard InChI is InChI=1S/C9H18N2O2S/c1-9(2,3)7(6-14-5)11-13-8(12)10-4/h6H2,1-5H3,(H,10,12)/b11-7-. The van der Waals surface area contributed by atoms with Crippen LogP contribution in [0.1, 0.15) is 20.8 Å². The molecule has 0 heterocycles. The van der Waals surface area contributed by atoms with E-state index in [1.54, 1.807) is 11.8 Å². The van der Waals surface area contributed by atoms with E-state index < -0.39 is 6.09 Å². The first-order valence-electron chi connectivity index (χ1n) is 4.36. The maximum atomic E-state index is 10.8. The minimum Gasteiger partial charge on any atom is -0.323 e. The molecule has 0 saturated heterocycles. The molecule has 0 aliphatic heterocycles. The monoisotopic (exact) mass is 218 g/mol. The van der Waals surface area contributed by atoms with Crippen molar-refractivity contribution in [3.63, 3.8) is 0 Å². The minimum atomic E-state index is -0.534. The molecule has 0 atom stereocenters. The van der Waals surface area contributed by atoms with Crippen molar-refractivity contribution < 1.29 is 9.63 Å². The van der Waals surface area contributed by atoms with Crippen molar-refractivity contribution in [2.45, 2.75) is 20.8 Å². The second kappa shape index (κ2) is 5.90. The van der Waals surface area contributed by atoms with Crippen LogP contribution < -0.4 is 5.32 Å². The van der Waals surface area contributed by atoms with Gasteiger partial charge in [0.2, 0.25) is 0 Å². The van der Waals surface area contributed by atoms with Gasteiger partial charge in [0.15, 0.2) is 0 Å². The number of thioether (sulfide) groups is 1. The van der Waals surface area contributed by atoms with Gasteiger partial charge in [-0.25, -0.2) is 4.79 Å². The van der Waals surface area contributed by atoms with E-state index in [9.17, 15) is 4.79 Å². The second-order valence-corrected chi connectivity index (χ2v) is 4.72. The van der Waals surface area contributed by atoms with Crippen LogP contribution in [-0.4, -0.2) is 30.9 Å². The van der Waals surface area contributed by atoms with E-state index >= 15 is 0 Å². The molecule has 14 heavy (non-hydrogen) atoms. The van der Waals surface area contributed by atoms with Crippen LogP contribution in [0, 0.1) is 5.41 Å². The lowest BCUT2D eigenvalue weighted by atomic mass is 9.91. The summed E-state index contributed by atoms with van der Waals surface area (Å²) in [6, 6.07) is 0. The van der Waals surface area contributed by atoms with Gasteiger partial charge in [-0.15, -0.1) is 0 Å². The molecule has 1 N–H and O–H groups in total. The molecule has 0 unspecified atom stereocenters. The van der Waals surface area contributed by atoms with Crippen LogP contribution in [0.2, 0.25) is 0 Å². The molecule has 0 spiro atoms. The summed E-state index contributed by atoms with van der Waals surface area (Å²) in [5.74, 6) is 0.764. The fourth-order valence-corrected chi connectivity index (χ4v) is 1.42. The molecule has 0 radical (unpaired) electrons. The highest BCUT2D eigenvalue weighted by atomic mass is 32.2. The molecule has 0 aromatic heterocycles. The average Bonchev–Trinajstić information content (AvgIpc) is 2.09. The highest BCUT2D eigenvalue weighted by Gasteiger charge is 2.19. The molecule has 0 fully saturated rings. The van der Waals surface area contributed by atoms with Crippen LogP contribution in [0.4, 0.5) is 4.79 Å². The summed E-state index contributed by atoms with van der Waals surface area (Å²) in [5.41, 5.74) is 0.797. The van der Waals surface area contributed by atoms with E-state index in [4.69, 9.17) is 0 Å². The molecular formula is C9H18N2O2S. The fourth-order valence-electron chi connectivity index (χ4n) is 0.659. The molecule has 0 aliphatic carbocycles. The first-order chi connectivity index (χ1) is 6.41. The van der Waals surface area contributed by atoms with Gasteiger partial charge >= 0.3 is 6.09 Å². The lowest BCUT2D eigenvalue weighted by Crippen LogP contribution is -2.25. The molecule has 0 bridgehead atoms. The number of oxime groups is 1. The lowest BCUT2D eigenvalue weighted by molar-refractivity contribution is 0.152. The number of nitrogens with zero attached hydrogens (tertiary/aromatic N) is 1. The molecular weight excluding hydrogens is 200 g/mol. The number of rotatable bonds is 3. The van der Waals surface area contributed by atoms with E-state index in [-0.39, 0.29) is 5.41 Å². The lowest BCUT2D eigenvalue weighted by Gasteiger charge is -2.19. The summed E-state index contributed by atoms with van der Waals surface area (Å²) in [5, 5.41) is 6.18. The van der Waals surface area contributed by atoms with Crippen molar-refractivity contribution in [1.82, 2.24) is 5.32 Å². The van der Waals surface area contributed by atoms with E-state index in [2.05, 4.69) is 15.3 Å². The van der Waals surface area contributed by atoms with Crippen LogP contribution >= 0.6 is 11.8 Å². The average molecular weight is 218 g/mol. The summed E-state index contributed by atoms with van der Waals surface area (Å²) in [6.45, 7) is 6.11. The fraction of sp³-hybridized carbons (Fsp3) is 0.778. The van der Waals surface area contributed by atoms with Crippen LogP contribution in [0.15, 0.2) is 5.16 Å². The Hall–Kier alpha value is -0.710. The van der Waals surface area contributed by atoms with Crippen molar-refractivity contribution >= 4 is 23.6 Å². The third-order valence-electron chi connectivity index (χ3n) is 1.59. The molecule has 82 valence electrons. The van der Waals surface area contributed by atoms with Crippen molar-refractivity contribution in [3.8, 4) is 0 Å². The Labute approximate surface area is 89.5 Å². The number of carbonyl (C=O) groups is 1. The highest BCUT2D eigenvalue weighted by molar-refractivity contribution is 7.99. The third-order valence-corrected chi connectivity index (χ3v) is 2.15. The minimum absolute atomic E-state index is 0.0724. The predicted molar refractivity (Wildman–Crippen MR) is 60.8 cm³/mol. The molecule has 5 heteroatoms. The molecule has 0 rings (SSSR count).